The summed E-state index contributed by atoms with van der Waals surface area (Å²) in [4.78, 5) is 11.5. The van der Waals surface area contributed by atoms with Crippen LogP contribution in [0.1, 0.15) is 26.7 Å². The number of amides is 1. The van der Waals surface area contributed by atoms with Gasteiger partial charge >= 0.3 is 0 Å². The van der Waals surface area contributed by atoms with E-state index in [1.807, 2.05) is 13.8 Å². The fourth-order valence-electron chi connectivity index (χ4n) is 1.59. The minimum atomic E-state index is 0.0328. The summed E-state index contributed by atoms with van der Waals surface area (Å²) in [7, 11) is 1.64. The lowest BCUT2D eigenvalue weighted by Gasteiger charge is -2.09. The van der Waals surface area contributed by atoms with Gasteiger partial charge in [-0.3, -0.25) is 4.79 Å². The Morgan fingerprint density at radius 2 is 1.43 bits per heavy atom. The van der Waals surface area contributed by atoms with E-state index in [0.29, 0.717) is 65.8 Å². The molecule has 7 nitrogen and oxygen atoms in total. The lowest BCUT2D eigenvalue weighted by Crippen LogP contribution is -2.27. The number of carbonyl (C=O) groups is 1. The van der Waals surface area contributed by atoms with Crippen molar-refractivity contribution in [2.45, 2.75) is 32.8 Å². The van der Waals surface area contributed by atoms with Crippen molar-refractivity contribution < 1.29 is 28.5 Å². The van der Waals surface area contributed by atoms with E-state index in [4.69, 9.17) is 23.7 Å². The summed E-state index contributed by atoms with van der Waals surface area (Å²) < 4.78 is 26.2. The van der Waals surface area contributed by atoms with Crippen LogP contribution in [-0.4, -0.2) is 78.5 Å². The lowest BCUT2D eigenvalue weighted by atomic mass is 10.3. The molecule has 0 heterocycles. The molecule has 0 fully saturated rings. The van der Waals surface area contributed by atoms with Crippen molar-refractivity contribution in [2.24, 2.45) is 0 Å². The normalized spacial score (nSPS) is 11.1. The standard InChI is InChI=1S/C16H33NO6/c1-15(2)23-7-4-5-16(18)17-6-8-20-11-12-22-14-13-21-10-9-19-3/h15H,4-14H2,1-3H3,(H,17,18). The maximum atomic E-state index is 11.5. The largest absolute Gasteiger partial charge is 0.382 e. The number of hydrogen-bond donors (Lipinski definition) is 1. The Morgan fingerprint density at radius 1 is 0.870 bits per heavy atom. The Labute approximate surface area is 139 Å². The molecule has 0 saturated heterocycles. The lowest BCUT2D eigenvalue weighted by molar-refractivity contribution is -0.121. The fraction of sp³-hybridized carbons (Fsp3) is 0.938. The molecule has 7 heteroatoms. The van der Waals surface area contributed by atoms with Gasteiger partial charge in [0, 0.05) is 26.7 Å². The quantitative estimate of drug-likeness (QED) is 0.400. The van der Waals surface area contributed by atoms with Crippen LogP contribution >= 0.6 is 0 Å². The van der Waals surface area contributed by atoms with Gasteiger partial charge in [0.1, 0.15) is 0 Å². The predicted molar refractivity (Wildman–Crippen MR) is 87.7 cm³/mol. The summed E-state index contributed by atoms with van der Waals surface area (Å²) >= 11 is 0. The SMILES string of the molecule is COCCOCCOCCOCCNC(=O)CCCOC(C)C. The second-order valence-electron chi connectivity index (χ2n) is 5.20. The second kappa shape index (κ2) is 17.6. The fourth-order valence-corrected chi connectivity index (χ4v) is 1.59. The van der Waals surface area contributed by atoms with Crippen LogP contribution in [0.2, 0.25) is 0 Å². The minimum Gasteiger partial charge on any atom is -0.382 e. The Hall–Kier alpha value is -0.730. The van der Waals surface area contributed by atoms with E-state index in [0.717, 1.165) is 6.42 Å². The Balaban J connectivity index is 3.13. The van der Waals surface area contributed by atoms with E-state index in [1.165, 1.54) is 0 Å². The van der Waals surface area contributed by atoms with Gasteiger partial charge in [0.2, 0.25) is 5.91 Å². The molecule has 0 aromatic rings. The highest BCUT2D eigenvalue weighted by atomic mass is 16.6. The molecule has 138 valence electrons. The van der Waals surface area contributed by atoms with Crippen LogP contribution in [0.4, 0.5) is 0 Å². The Kier molecular flexibility index (Phi) is 17.1. The number of nitrogens with one attached hydrogen (secondary N) is 1. The topological polar surface area (TPSA) is 75.3 Å². The molecular weight excluding hydrogens is 302 g/mol. The second-order valence-corrected chi connectivity index (χ2v) is 5.20. The van der Waals surface area contributed by atoms with Gasteiger partial charge in [-0.05, 0) is 20.3 Å². The first-order valence-electron chi connectivity index (χ1n) is 8.27. The number of ether oxygens (including phenoxy) is 5. The summed E-state index contributed by atoms with van der Waals surface area (Å²) in [6.45, 7) is 8.90. The van der Waals surface area contributed by atoms with Gasteiger partial charge in [0.05, 0.1) is 52.4 Å². The van der Waals surface area contributed by atoms with Gasteiger partial charge in [-0.15, -0.1) is 0 Å². The summed E-state index contributed by atoms with van der Waals surface area (Å²) in [6, 6.07) is 0. The third kappa shape index (κ3) is 19.2. The van der Waals surface area contributed by atoms with Gasteiger partial charge in [-0.25, -0.2) is 0 Å². The minimum absolute atomic E-state index is 0.0328. The van der Waals surface area contributed by atoms with Crippen molar-refractivity contribution in [1.29, 1.82) is 0 Å². The average Bonchev–Trinajstić information content (AvgIpc) is 2.52. The van der Waals surface area contributed by atoms with Crippen LogP contribution in [0.5, 0.6) is 0 Å². The van der Waals surface area contributed by atoms with Gasteiger partial charge in [0.15, 0.2) is 0 Å². The van der Waals surface area contributed by atoms with E-state index in [-0.39, 0.29) is 12.0 Å². The molecule has 0 atom stereocenters. The highest BCUT2D eigenvalue weighted by molar-refractivity contribution is 5.75. The molecule has 0 aliphatic rings. The zero-order chi connectivity index (χ0) is 17.2. The Bertz CT molecular complexity index is 263. The molecule has 23 heavy (non-hydrogen) atoms. The third-order valence-electron chi connectivity index (χ3n) is 2.74. The zero-order valence-electron chi connectivity index (χ0n) is 14.8. The van der Waals surface area contributed by atoms with Crippen LogP contribution in [0.15, 0.2) is 0 Å². The summed E-state index contributed by atoms with van der Waals surface area (Å²) in [5, 5.41) is 2.81. The van der Waals surface area contributed by atoms with Crippen molar-refractivity contribution in [2.75, 3.05) is 66.5 Å². The highest BCUT2D eigenvalue weighted by Gasteiger charge is 2.01. The summed E-state index contributed by atoms with van der Waals surface area (Å²) in [5.41, 5.74) is 0. The van der Waals surface area contributed by atoms with Crippen molar-refractivity contribution in [3.8, 4) is 0 Å². The first kappa shape index (κ1) is 22.3. The van der Waals surface area contributed by atoms with Crippen molar-refractivity contribution in [3.05, 3.63) is 0 Å². The molecular formula is C16H33NO6. The van der Waals surface area contributed by atoms with E-state index in [2.05, 4.69) is 5.32 Å². The van der Waals surface area contributed by atoms with E-state index < -0.39 is 0 Å². The van der Waals surface area contributed by atoms with Gasteiger partial charge in [-0.2, -0.15) is 0 Å². The van der Waals surface area contributed by atoms with Crippen molar-refractivity contribution >= 4 is 5.91 Å². The Morgan fingerprint density at radius 3 is 2.00 bits per heavy atom. The third-order valence-corrected chi connectivity index (χ3v) is 2.74. The van der Waals surface area contributed by atoms with Crippen LogP contribution < -0.4 is 5.32 Å². The molecule has 0 aliphatic heterocycles. The monoisotopic (exact) mass is 335 g/mol. The van der Waals surface area contributed by atoms with E-state index in [9.17, 15) is 4.79 Å². The molecule has 1 N–H and O–H groups in total. The van der Waals surface area contributed by atoms with Gasteiger partial charge < -0.3 is 29.0 Å². The molecule has 0 rings (SSSR count). The molecule has 0 radical (unpaired) electrons. The maximum Gasteiger partial charge on any atom is 0.220 e. The summed E-state index contributed by atoms with van der Waals surface area (Å²) in [5.74, 6) is 0.0328. The number of carbonyl (C=O) groups excluding carboxylic acids is 1. The summed E-state index contributed by atoms with van der Waals surface area (Å²) in [6.07, 6.45) is 1.44. The molecule has 0 aromatic heterocycles. The zero-order valence-corrected chi connectivity index (χ0v) is 14.8. The van der Waals surface area contributed by atoms with Crippen LogP contribution in [-0.2, 0) is 28.5 Å². The average molecular weight is 335 g/mol. The van der Waals surface area contributed by atoms with Crippen molar-refractivity contribution in [3.63, 3.8) is 0 Å². The van der Waals surface area contributed by atoms with Crippen LogP contribution in [0, 0.1) is 0 Å². The van der Waals surface area contributed by atoms with E-state index >= 15 is 0 Å². The number of rotatable bonds is 17. The molecule has 0 unspecified atom stereocenters. The molecule has 1 amide bonds. The molecule has 0 aliphatic carbocycles. The molecule has 0 aromatic carbocycles. The van der Waals surface area contributed by atoms with Gasteiger partial charge in [0.25, 0.3) is 0 Å². The predicted octanol–water partition coefficient (Wildman–Crippen LogP) is 1.00. The number of methoxy groups -OCH3 is 1. The number of hydrogen-bond acceptors (Lipinski definition) is 6. The smallest absolute Gasteiger partial charge is 0.220 e. The first-order chi connectivity index (χ1) is 11.2. The van der Waals surface area contributed by atoms with E-state index in [1.54, 1.807) is 7.11 Å². The molecule has 0 spiro atoms. The first-order valence-corrected chi connectivity index (χ1v) is 8.27. The molecule has 0 bridgehead atoms. The molecule has 0 saturated carbocycles. The van der Waals surface area contributed by atoms with Crippen LogP contribution in [0.3, 0.4) is 0 Å². The van der Waals surface area contributed by atoms with Crippen LogP contribution in [0.25, 0.3) is 0 Å². The van der Waals surface area contributed by atoms with Crippen molar-refractivity contribution in [1.82, 2.24) is 5.32 Å². The highest BCUT2D eigenvalue weighted by Crippen LogP contribution is 1.94. The maximum absolute atomic E-state index is 11.5. The van der Waals surface area contributed by atoms with Gasteiger partial charge in [-0.1, -0.05) is 0 Å².